The molecule has 2 aromatic carbocycles. The molecular formula is C16H11BrClN3O4. The van der Waals surface area contributed by atoms with Gasteiger partial charge in [-0.3, -0.25) is 9.59 Å². The van der Waals surface area contributed by atoms with E-state index in [1.165, 1.54) is 6.21 Å². The molecule has 0 radical (unpaired) electrons. The second kappa shape index (κ2) is 7.54. The van der Waals surface area contributed by atoms with Crippen LogP contribution < -0.4 is 20.2 Å². The van der Waals surface area contributed by atoms with Gasteiger partial charge in [0.1, 0.15) is 0 Å². The highest BCUT2D eigenvalue weighted by atomic mass is 79.9. The van der Waals surface area contributed by atoms with E-state index in [0.717, 1.165) is 0 Å². The maximum atomic E-state index is 11.8. The summed E-state index contributed by atoms with van der Waals surface area (Å²) in [5.41, 5.74) is 3.26. The van der Waals surface area contributed by atoms with E-state index in [1.807, 2.05) is 0 Å². The molecule has 3 rings (SSSR count). The van der Waals surface area contributed by atoms with Crippen molar-refractivity contribution in [3.63, 3.8) is 0 Å². The molecular weight excluding hydrogens is 414 g/mol. The van der Waals surface area contributed by atoms with Gasteiger partial charge in [0.05, 0.1) is 6.21 Å². The minimum Gasteiger partial charge on any atom is -0.454 e. The number of rotatable bonds is 3. The Hall–Kier alpha value is -2.58. The summed E-state index contributed by atoms with van der Waals surface area (Å²) in [7, 11) is 0. The number of nitrogens with zero attached hydrogens (tertiary/aromatic N) is 1. The monoisotopic (exact) mass is 423 g/mol. The second-order valence-electron chi connectivity index (χ2n) is 4.89. The Bertz CT molecular complexity index is 855. The third-order valence-corrected chi connectivity index (χ3v) is 4.11. The molecule has 0 aliphatic carbocycles. The molecule has 25 heavy (non-hydrogen) atoms. The quantitative estimate of drug-likeness (QED) is 0.450. The van der Waals surface area contributed by atoms with Crippen molar-refractivity contribution in [3.8, 4) is 11.5 Å². The number of benzene rings is 2. The van der Waals surface area contributed by atoms with Gasteiger partial charge in [-0.05, 0) is 52.3 Å². The van der Waals surface area contributed by atoms with Crippen molar-refractivity contribution in [2.75, 3.05) is 12.1 Å². The number of amides is 2. The zero-order valence-electron chi connectivity index (χ0n) is 12.6. The number of fused-ring (bicyclic) bond motifs is 1. The first-order valence-corrected chi connectivity index (χ1v) is 8.19. The number of nitrogens with one attached hydrogen (secondary N) is 2. The van der Waals surface area contributed by atoms with Gasteiger partial charge in [0.25, 0.3) is 0 Å². The fourth-order valence-corrected chi connectivity index (χ4v) is 2.51. The molecule has 1 heterocycles. The number of anilines is 1. The maximum Gasteiger partial charge on any atom is 0.329 e. The summed E-state index contributed by atoms with van der Waals surface area (Å²) in [5.74, 6) is -0.542. The predicted octanol–water partition coefficient (Wildman–Crippen LogP) is 2.92. The van der Waals surface area contributed by atoms with Gasteiger partial charge in [-0.1, -0.05) is 11.6 Å². The lowest BCUT2D eigenvalue weighted by molar-refractivity contribution is -0.136. The van der Waals surface area contributed by atoms with Gasteiger partial charge in [0.2, 0.25) is 6.79 Å². The lowest BCUT2D eigenvalue weighted by Crippen LogP contribution is -2.32. The Morgan fingerprint density at radius 2 is 1.80 bits per heavy atom. The van der Waals surface area contributed by atoms with Crippen LogP contribution in [0.3, 0.4) is 0 Å². The number of carbonyl (C=O) groups excluding carboxylic acids is 2. The molecule has 0 saturated heterocycles. The van der Waals surface area contributed by atoms with Gasteiger partial charge in [-0.25, -0.2) is 5.43 Å². The summed E-state index contributed by atoms with van der Waals surface area (Å²) in [6, 6.07) is 9.81. The van der Waals surface area contributed by atoms with Gasteiger partial charge < -0.3 is 14.8 Å². The summed E-state index contributed by atoms with van der Waals surface area (Å²) in [5, 5.41) is 6.73. The summed E-state index contributed by atoms with van der Waals surface area (Å²) in [4.78, 5) is 23.5. The Balaban J connectivity index is 1.59. The zero-order valence-corrected chi connectivity index (χ0v) is 14.9. The maximum absolute atomic E-state index is 11.8. The number of hydrazone groups is 1. The highest BCUT2D eigenvalue weighted by Gasteiger charge is 2.16. The highest BCUT2D eigenvalue weighted by molar-refractivity contribution is 9.10. The molecule has 2 aromatic rings. The fraction of sp³-hybridized carbons (Fsp3) is 0.0625. The van der Waals surface area contributed by atoms with Crippen molar-refractivity contribution >= 4 is 51.2 Å². The van der Waals surface area contributed by atoms with Crippen LogP contribution in [-0.4, -0.2) is 24.8 Å². The number of ether oxygens (including phenoxy) is 2. The lowest BCUT2D eigenvalue weighted by atomic mass is 10.2. The smallest absolute Gasteiger partial charge is 0.329 e. The molecule has 2 N–H and O–H groups in total. The molecule has 128 valence electrons. The zero-order chi connectivity index (χ0) is 17.8. The average Bonchev–Trinajstić information content (AvgIpc) is 3.04. The highest BCUT2D eigenvalue weighted by Crippen LogP contribution is 2.36. The predicted molar refractivity (Wildman–Crippen MR) is 96.1 cm³/mol. The van der Waals surface area contributed by atoms with Crippen LogP contribution in [0.25, 0.3) is 0 Å². The topological polar surface area (TPSA) is 89.0 Å². The Kier molecular flexibility index (Phi) is 5.20. The van der Waals surface area contributed by atoms with Crippen molar-refractivity contribution in [1.82, 2.24) is 5.43 Å². The van der Waals surface area contributed by atoms with Crippen LogP contribution in [0.2, 0.25) is 5.02 Å². The standard InChI is InChI=1S/C16H11BrClN3O4/c17-12-6-14-13(24-8-25-14)5-9(12)7-19-21-16(23)15(22)20-11-3-1-10(18)2-4-11/h1-7H,8H2,(H,20,22)(H,21,23)/b19-7-. The van der Waals surface area contributed by atoms with E-state index in [9.17, 15) is 9.59 Å². The summed E-state index contributed by atoms with van der Waals surface area (Å²) >= 11 is 9.12. The number of hydrogen-bond acceptors (Lipinski definition) is 5. The van der Waals surface area contributed by atoms with E-state index in [-0.39, 0.29) is 6.79 Å². The van der Waals surface area contributed by atoms with Crippen LogP contribution in [-0.2, 0) is 9.59 Å². The first-order valence-electron chi connectivity index (χ1n) is 7.02. The third-order valence-electron chi connectivity index (χ3n) is 3.17. The van der Waals surface area contributed by atoms with E-state index in [2.05, 4.69) is 31.8 Å². The van der Waals surface area contributed by atoms with Crippen LogP contribution in [0.1, 0.15) is 5.56 Å². The molecule has 0 bridgehead atoms. The van der Waals surface area contributed by atoms with E-state index < -0.39 is 11.8 Å². The molecule has 0 unspecified atom stereocenters. The number of carbonyl (C=O) groups is 2. The first kappa shape index (κ1) is 17.2. The fourth-order valence-electron chi connectivity index (χ4n) is 1.96. The van der Waals surface area contributed by atoms with Crippen LogP contribution in [0.5, 0.6) is 11.5 Å². The molecule has 0 saturated carbocycles. The number of hydrogen-bond donors (Lipinski definition) is 2. The normalized spacial score (nSPS) is 12.2. The molecule has 0 fully saturated rings. The summed E-state index contributed by atoms with van der Waals surface area (Å²) in [6.07, 6.45) is 1.39. The van der Waals surface area contributed by atoms with Crippen LogP contribution >= 0.6 is 27.5 Å². The van der Waals surface area contributed by atoms with E-state index in [0.29, 0.717) is 32.2 Å². The second-order valence-corrected chi connectivity index (χ2v) is 6.18. The number of halogens is 2. The van der Waals surface area contributed by atoms with Crippen LogP contribution in [0.4, 0.5) is 5.69 Å². The largest absolute Gasteiger partial charge is 0.454 e. The SMILES string of the molecule is O=C(N/N=C\c1cc2c(cc1Br)OCO2)C(=O)Nc1ccc(Cl)cc1. The molecule has 0 atom stereocenters. The molecule has 1 aliphatic heterocycles. The molecule has 2 amide bonds. The molecule has 7 nitrogen and oxygen atoms in total. The van der Waals surface area contributed by atoms with Gasteiger partial charge >= 0.3 is 11.8 Å². The summed E-state index contributed by atoms with van der Waals surface area (Å²) in [6.45, 7) is 0.157. The third kappa shape index (κ3) is 4.28. The molecule has 1 aliphatic rings. The average molecular weight is 425 g/mol. The van der Waals surface area contributed by atoms with Crippen LogP contribution in [0.15, 0.2) is 46.0 Å². The van der Waals surface area contributed by atoms with Crippen molar-refractivity contribution in [2.45, 2.75) is 0 Å². The molecule has 0 aromatic heterocycles. The Morgan fingerprint density at radius 1 is 1.12 bits per heavy atom. The van der Waals surface area contributed by atoms with E-state index >= 15 is 0 Å². The molecule has 9 heteroatoms. The van der Waals surface area contributed by atoms with Crippen molar-refractivity contribution in [2.24, 2.45) is 5.10 Å². The summed E-state index contributed by atoms with van der Waals surface area (Å²) < 4.78 is 11.2. The van der Waals surface area contributed by atoms with E-state index in [4.69, 9.17) is 21.1 Å². The van der Waals surface area contributed by atoms with Crippen molar-refractivity contribution in [1.29, 1.82) is 0 Å². The minimum absolute atomic E-state index is 0.157. The first-order chi connectivity index (χ1) is 12.0. The van der Waals surface area contributed by atoms with E-state index in [1.54, 1.807) is 36.4 Å². The van der Waals surface area contributed by atoms with Gasteiger partial charge in [0, 0.05) is 20.7 Å². The van der Waals surface area contributed by atoms with Gasteiger partial charge in [0.15, 0.2) is 11.5 Å². The van der Waals surface area contributed by atoms with Gasteiger partial charge in [-0.15, -0.1) is 0 Å². The Labute approximate surface area is 156 Å². The minimum atomic E-state index is -0.900. The lowest BCUT2D eigenvalue weighted by Gasteiger charge is -2.04. The van der Waals surface area contributed by atoms with Crippen molar-refractivity contribution in [3.05, 3.63) is 51.5 Å². The van der Waals surface area contributed by atoms with Crippen LogP contribution in [0, 0.1) is 0 Å². The van der Waals surface area contributed by atoms with Crippen molar-refractivity contribution < 1.29 is 19.1 Å². The molecule has 0 spiro atoms. The van der Waals surface area contributed by atoms with Gasteiger partial charge in [-0.2, -0.15) is 5.10 Å². The Morgan fingerprint density at radius 3 is 2.52 bits per heavy atom.